The van der Waals surface area contributed by atoms with Crippen LogP contribution in [0.3, 0.4) is 0 Å². The molecule has 0 spiro atoms. The van der Waals surface area contributed by atoms with E-state index in [4.69, 9.17) is 17.4 Å². The van der Waals surface area contributed by atoms with Gasteiger partial charge in [-0.25, -0.2) is 0 Å². The first-order valence-corrected chi connectivity index (χ1v) is 22.7. The Kier molecular flexibility index (Phi) is 20.8. The molecule has 206 valence electrons. The lowest BCUT2D eigenvalue weighted by atomic mass is 10.0. The van der Waals surface area contributed by atoms with Gasteiger partial charge in [0.1, 0.15) is 0 Å². The Hall–Kier alpha value is 0.491. The second-order valence-electron chi connectivity index (χ2n) is 11.5. The molecule has 0 aliphatic rings. The molecule has 0 fully saturated rings. The average Bonchev–Trinajstić information content (AvgIpc) is 2.79. The van der Waals surface area contributed by atoms with E-state index in [9.17, 15) is 0 Å². The van der Waals surface area contributed by atoms with Crippen LogP contribution in [0.1, 0.15) is 110 Å². The summed E-state index contributed by atoms with van der Waals surface area (Å²) < 4.78 is 23.6. The number of hydrogen-bond donors (Lipinski definition) is 0. The second-order valence-corrected chi connectivity index (χ2v) is 23.4. The van der Waals surface area contributed by atoms with Crippen LogP contribution in [-0.2, 0) is 17.4 Å². The van der Waals surface area contributed by atoms with E-state index in [0.717, 1.165) is 12.1 Å². The summed E-state index contributed by atoms with van der Waals surface area (Å²) in [4.78, 5) is 0. The van der Waals surface area contributed by atoms with Gasteiger partial charge in [0.15, 0.2) is 16.6 Å². The Labute approximate surface area is 217 Å². The average molecular weight is 535 g/mol. The molecule has 0 aliphatic carbocycles. The van der Waals surface area contributed by atoms with E-state index < -0.39 is 25.4 Å². The summed E-state index contributed by atoms with van der Waals surface area (Å²) in [6, 6.07) is 3.16. The summed E-state index contributed by atoms with van der Waals surface area (Å²) in [7, 11) is -0.770. The third-order valence-electron chi connectivity index (χ3n) is 7.15. The quantitative estimate of drug-likeness (QED) is 0.0863. The molecule has 0 aromatic rings. The van der Waals surface area contributed by atoms with Gasteiger partial charge in [-0.3, -0.25) is 0 Å². The lowest BCUT2D eigenvalue weighted by Gasteiger charge is -2.35. The van der Waals surface area contributed by atoms with Gasteiger partial charge >= 0.3 is 8.80 Å². The number of unbranched alkanes of at least 4 members (excludes halogenated alkanes) is 15. The standard InChI is InChI=1S/C27H62O4Si3/c1-9-10-11-12-13-14-15-16-17-18-19-20-21-22-23-24-25-32(5,6)31-33(7,8)26-27-34(28-2,29-3)30-4/h9-27H2,1-8H3. The van der Waals surface area contributed by atoms with Gasteiger partial charge in [-0.1, -0.05) is 110 Å². The van der Waals surface area contributed by atoms with E-state index in [-0.39, 0.29) is 0 Å². The fourth-order valence-corrected chi connectivity index (χ4v) is 17.6. The summed E-state index contributed by atoms with van der Waals surface area (Å²) in [5.41, 5.74) is 0. The Bertz CT molecular complexity index is 449. The normalized spacial score (nSPS) is 13.1. The van der Waals surface area contributed by atoms with Crippen molar-refractivity contribution in [2.45, 2.75) is 154 Å². The maximum atomic E-state index is 6.81. The van der Waals surface area contributed by atoms with E-state index in [1.54, 1.807) is 21.3 Å². The predicted molar refractivity (Wildman–Crippen MR) is 157 cm³/mol. The van der Waals surface area contributed by atoms with Gasteiger partial charge in [0, 0.05) is 27.4 Å². The number of rotatable bonds is 25. The van der Waals surface area contributed by atoms with Gasteiger partial charge in [-0.15, -0.1) is 0 Å². The molecule has 0 rings (SSSR count). The van der Waals surface area contributed by atoms with E-state index in [1.165, 1.54) is 109 Å². The van der Waals surface area contributed by atoms with Gasteiger partial charge < -0.3 is 17.4 Å². The van der Waals surface area contributed by atoms with Crippen LogP contribution in [0.2, 0.25) is 44.3 Å². The summed E-state index contributed by atoms with van der Waals surface area (Å²) in [6.07, 6.45) is 22.8. The van der Waals surface area contributed by atoms with Crippen LogP contribution in [0.15, 0.2) is 0 Å². The lowest BCUT2D eigenvalue weighted by molar-refractivity contribution is 0.125. The van der Waals surface area contributed by atoms with Crippen molar-refractivity contribution in [3.63, 3.8) is 0 Å². The van der Waals surface area contributed by atoms with Crippen LogP contribution in [0.25, 0.3) is 0 Å². The monoisotopic (exact) mass is 534 g/mol. The molecule has 0 bridgehead atoms. The Balaban J connectivity index is 3.75. The van der Waals surface area contributed by atoms with Crippen molar-refractivity contribution < 1.29 is 17.4 Å². The first-order valence-electron chi connectivity index (χ1n) is 14.5. The molecule has 0 radical (unpaired) electrons. The van der Waals surface area contributed by atoms with E-state index in [1.807, 2.05) is 0 Å². The molecule has 0 aromatic heterocycles. The van der Waals surface area contributed by atoms with Gasteiger partial charge in [-0.2, -0.15) is 0 Å². The van der Waals surface area contributed by atoms with Crippen molar-refractivity contribution >= 4 is 25.4 Å². The molecule has 0 aliphatic heterocycles. The van der Waals surface area contributed by atoms with Crippen LogP contribution in [-0.4, -0.2) is 46.8 Å². The third kappa shape index (κ3) is 18.7. The smallest absolute Gasteiger partial charge is 0.456 e. The zero-order valence-corrected chi connectivity index (χ0v) is 27.6. The molecule has 0 atom stereocenters. The van der Waals surface area contributed by atoms with Crippen molar-refractivity contribution in [1.82, 2.24) is 0 Å². The highest BCUT2D eigenvalue weighted by atomic mass is 28.4. The first-order chi connectivity index (χ1) is 16.2. The van der Waals surface area contributed by atoms with E-state index in [2.05, 4.69) is 33.1 Å². The topological polar surface area (TPSA) is 36.9 Å². The fraction of sp³-hybridized carbons (Fsp3) is 1.00. The summed E-state index contributed by atoms with van der Waals surface area (Å²) in [5.74, 6) is 0. The molecule has 4 nitrogen and oxygen atoms in total. The molecular weight excluding hydrogens is 473 g/mol. The minimum atomic E-state index is -2.50. The van der Waals surface area contributed by atoms with Gasteiger partial charge in [0.25, 0.3) is 0 Å². The zero-order chi connectivity index (χ0) is 25.8. The van der Waals surface area contributed by atoms with Crippen molar-refractivity contribution in [2.75, 3.05) is 21.3 Å². The molecule has 0 N–H and O–H groups in total. The minimum absolute atomic E-state index is 0.846. The molecule has 0 unspecified atom stereocenters. The molecular formula is C27H62O4Si3. The zero-order valence-electron chi connectivity index (χ0n) is 24.6. The van der Waals surface area contributed by atoms with Crippen LogP contribution < -0.4 is 0 Å². The van der Waals surface area contributed by atoms with Crippen LogP contribution in [0, 0.1) is 0 Å². The van der Waals surface area contributed by atoms with Crippen LogP contribution in [0.4, 0.5) is 0 Å². The fourth-order valence-electron chi connectivity index (χ4n) is 4.96. The molecule has 0 amide bonds. The van der Waals surface area contributed by atoms with E-state index in [0.29, 0.717) is 0 Å². The summed E-state index contributed by atoms with van der Waals surface area (Å²) in [6.45, 7) is 11.8. The summed E-state index contributed by atoms with van der Waals surface area (Å²) in [5, 5.41) is 0. The number of hydrogen-bond acceptors (Lipinski definition) is 4. The highest BCUT2D eigenvalue weighted by Crippen LogP contribution is 2.28. The molecule has 7 heteroatoms. The first kappa shape index (κ1) is 34.5. The maximum absolute atomic E-state index is 6.81. The maximum Gasteiger partial charge on any atom is 0.499 e. The summed E-state index contributed by atoms with van der Waals surface area (Å²) >= 11 is 0. The van der Waals surface area contributed by atoms with Crippen LogP contribution >= 0.6 is 0 Å². The molecule has 0 saturated heterocycles. The van der Waals surface area contributed by atoms with Crippen LogP contribution in [0.5, 0.6) is 0 Å². The SMILES string of the molecule is CCCCCCCCCCCCCCCCCC[Si](C)(C)O[Si](C)(C)CC[Si](OC)(OC)OC. The third-order valence-corrected chi connectivity index (χ3v) is 17.8. The Morgan fingerprint density at radius 1 is 0.412 bits per heavy atom. The molecule has 0 aromatic carbocycles. The Morgan fingerprint density at radius 2 is 0.735 bits per heavy atom. The lowest BCUT2D eigenvalue weighted by Crippen LogP contribution is -2.48. The van der Waals surface area contributed by atoms with E-state index >= 15 is 0 Å². The van der Waals surface area contributed by atoms with Crippen molar-refractivity contribution in [2.24, 2.45) is 0 Å². The second kappa shape index (κ2) is 20.5. The van der Waals surface area contributed by atoms with Crippen molar-refractivity contribution in [3.05, 3.63) is 0 Å². The van der Waals surface area contributed by atoms with Gasteiger partial charge in [0.05, 0.1) is 0 Å². The van der Waals surface area contributed by atoms with Gasteiger partial charge in [-0.05, 0) is 38.3 Å². The van der Waals surface area contributed by atoms with Gasteiger partial charge in [0.2, 0.25) is 0 Å². The minimum Gasteiger partial charge on any atom is -0.456 e. The highest BCUT2D eigenvalue weighted by molar-refractivity contribution is 6.85. The largest absolute Gasteiger partial charge is 0.499 e. The molecule has 0 saturated carbocycles. The molecule has 0 heterocycles. The Morgan fingerprint density at radius 3 is 1.09 bits per heavy atom. The molecule has 34 heavy (non-hydrogen) atoms. The van der Waals surface area contributed by atoms with Crippen molar-refractivity contribution in [3.8, 4) is 0 Å². The van der Waals surface area contributed by atoms with Crippen molar-refractivity contribution in [1.29, 1.82) is 0 Å². The highest BCUT2D eigenvalue weighted by Gasteiger charge is 2.41. The predicted octanol–water partition coefficient (Wildman–Crippen LogP) is 9.55.